The molecule has 56 valence electrons. The van der Waals surface area contributed by atoms with E-state index in [1.807, 2.05) is 16.9 Å². The summed E-state index contributed by atoms with van der Waals surface area (Å²) in [6, 6.07) is 1.95. The molecule has 1 aromatic rings. The molecular formula is C7H11ClN2. The molecule has 0 atom stereocenters. The number of hydrogen-bond acceptors (Lipinski definition) is 1. The molecule has 0 spiro atoms. The molecule has 0 aliphatic carbocycles. The first kappa shape index (κ1) is 7.61. The molecule has 0 bridgehead atoms. The van der Waals surface area contributed by atoms with Gasteiger partial charge in [0.15, 0.2) is 0 Å². The lowest BCUT2D eigenvalue weighted by Gasteiger charge is -1.94. The van der Waals surface area contributed by atoms with Crippen LogP contribution in [0.5, 0.6) is 0 Å². The number of hydrogen-bond donors (Lipinski definition) is 0. The summed E-state index contributed by atoms with van der Waals surface area (Å²) >= 11 is 5.56. The van der Waals surface area contributed by atoms with Gasteiger partial charge in [0.2, 0.25) is 0 Å². The first-order valence-electron chi connectivity index (χ1n) is 3.45. The molecule has 1 heterocycles. The fourth-order valence-electron chi connectivity index (χ4n) is 0.829. The van der Waals surface area contributed by atoms with Crippen LogP contribution in [0.2, 0.25) is 0 Å². The molecule has 0 radical (unpaired) electrons. The Kier molecular flexibility index (Phi) is 2.75. The quantitative estimate of drug-likeness (QED) is 0.616. The van der Waals surface area contributed by atoms with Crippen molar-refractivity contribution in [3.05, 3.63) is 18.0 Å². The second kappa shape index (κ2) is 3.62. The topological polar surface area (TPSA) is 17.8 Å². The standard InChI is InChI=1S/C7H11ClN2/c1-2-4-10-5-3-7(6-8)9-10/h3,5H,2,4,6H2,1H3. The van der Waals surface area contributed by atoms with Gasteiger partial charge in [-0.05, 0) is 12.5 Å². The van der Waals surface area contributed by atoms with E-state index in [1.165, 1.54) is 0 Å². The molecule has 1 aromatic heterocycles. The van der Waals surface area contributed by atoms with E-state index < -0.39 is 0 Å². The van der Waals surface area contributed by atoms with Crippen molar-refractivity contribution in [3.8, 4) is 0 Å². The van der Waals surface area contributed by atoms with Gasteiger partial charge < -0.3 is 0 Å². The highest BCUT2D eigenvalue weighted by Gasteiger charge is 1.93. The summed E-state index contributed by atoms with van der Waals surface area (Å²) in [5, 5.41) is 4.20. The predicted molar refractivity (Wildman–Crippen MR) is 42.1 cm³/mol. The van der Waals surface area contributed by atoms with Crippen LogP contribution in [0.4, 0.5) is 0 Å². The summed E-state index contributed by atoms with van der Waals surface area (Å²) in [6.07, 6.45) is 3.07. The Morgan fingerprint density at radius 2 is 2.50 bits per heavy atom. The maximum absolute atomic E-state index is 5.56. The van der Waals surface area contributed by atoms with Crippen LogP contribution in [-0.4, -0.2) is 9.78 Å². The second-order valence-electron chi connectivity index (χ2n) is 2.20. The van der Waals surface area contributed by atoms with Crippen molar-refractivity contribution >= 4 is 11.6 Å². The highest BCUT2D eigenvalue weighted by Crippen LogP contribution is 1.99. The van der Waals surface area contributed by atoms with Gasteiger partial charge in [-0.25, -0.2) is 0 Å². The summed E-state index contributed by atoms with van der Waals surface area (Å²) < 4.78 is 1.91. The Morgan fingerprint density at radius 1 is 1.70 bits per heavy atom. The Labute approximate surface area is 65.8 Å². The lowest BCUT2D eigenvalue weighted by Crippen LogP contribution is -1.97. The average Bonchev–Trinajstić information content (AvgIpc) is 2.37. The van der Waals surface area contributed by atoms with Gasteiger partial charge in [0, 0.05) is 12.7 Å². The number of aromatic nitrogens is 2. The van der Waals surface area contributed by atoms with Crippen molar-refractivity contribution in [1.82, 2.24) is 9.78 Å². The van der Waals surface area contributed by atoms with Crippen LogP contribution in [0, 0.1) is 0 Å². The Balaban J connectivity index is 2.59. The van der Waals surface area contributed by atoms with E-state index in [1.54, 1.807) is 0 Å². The van der Waals surface area contributed by atoms with E-state index in [9.17, 15) is 0 Å². The number of nitrogens with zero attached hydrogens (tertiary/aromatic N) is 2. The van der Waals surface area contributed by atoms with E-state index in [0.717, 1.165) is 18.7 Å². The number of alkyl halides is 1. The Morgan fingerprint density at radius 3 is 3.00 bits per heavy atom. The summed E-state index contributed by atoms with van der Waals surface area (Å²) in [5.41, 5.74) is 0.954. The maximum Gasteiger partial charge on any atom is 0.0772 e. The van der Waals surface area contributed by atoms with E-state index in [2.05, 4.69) is 12.0 Å². The molecule has 0 unspecified atom stereocenters. The Hall–Kier alpha value is -0.500. The van der Waals surface area contributed by atoms with Crippen LogP contribution in [0.15, 0.2) is 12.3 Å². The minimum atomic E-state index is 0.511. The van der Waals surface area contributed by atoms with Crippen LogP contribution in [0.25, 0.3) is 0 Å². The second-order valence-corrected chi connectivity index (χ2v) is 2.47. The van der Waals surface area contributed by atoms with Crippen molar-refractivity contribution in [2.24, 2.45) is 0 Å². The van der Waals surface area contributed by atoms with Gasteiger partial charge in [0.25, 0.3) is 0 Å². The largest absolute Gasteiger partial charge is 0.272 e. The summed E-state index contributed by atoms with van der Waals surface area (Å²) in [6.45, 7) is 3.11. The van der Waals surface area contributed by atoms with Crippen molar-refractivity contribution in [2.45, 2.75) is 25.8 Å². The smallest absolute Gasteiger partial charge is 0.0772 e. The van der Waals surface area contributed by atoms with E-state index in [0.29, 0.717) is 5.88 Å². The monoisotopic (exact) mass is 158 g/mol. The summed E-state index contributed by atoms with van der Waals surface area (Å²) in [7, 11) is 0. The SMILES string of the molecule is CCCn1ccc(CCl)n1. The normalized spacial score (nSPS) is 10.2. The molecule has 0 saturated carbocycles. The summed E-state index contributed by atoms with van der Waals surface area (Å²) in [5.74, 6) is 0.511. The zero-order chi connectivity index (χ0) is 7.40. The van der Waals surface area contributed by atoms with Crippen molar-refractivity contribution < 1.29 is 0 Å². The van der Waals surface area contributed by atoms with E-state index >= 15 is 0 Å². The van der Waals surface area contributed by atoms with Gasteiger partial charge in [-0.2, -0.15) is 5.10 Å². The van der Waals surface area contributed by atoms with Gasteiger partial charge in [0.05, 0.1) is 11.6 Å². The zero-order valence-electron chi connectivity index (χ0n) is 6.05. The maximum atomic E-state index is 5.56. The molecule has 3 heteroatoms. The lowest BCUT2D eigenvalue weighted by atomic mass is 10.5. The fraction of sp³-hybridized carbons (Fsp3) is 0.571. The van der Waals surface area contributed by atoms with Crippen LogP contribution in [-0.2, 0) is 12.4 Å². The predicted octanol–water partition coefficient (Wildman–Crippen LogP) is 2.03. The molecule has 0 N–H and O–H groups in total. The molecule has 0 saturated heterocycles. The third-order valence-electron chi connectivity index (χ3n) is 1.29. The molecule has 0 fully saturated rings. The highest BCUT2D eigenvalue weighted by molar-refractivity contribution is 6.16. The van der Waals surface area contributed by atoms with Gasteiger partial charge in [-0.3, -0.25) is 4.68 Å². The van der Waals surface area contributed by atoms with Crippen molar-refractivity contribution in [1.29, 1.82) is 0 Å². The van der Waals surface area contributed by atoms with Gasteiger partial charge in [-0.1, -0.05) is 6.92 Å². The fourth-order valence-corrected chi connectivity index (χ4v) is 0.971. The molecule has 1 rings (SSSR count). The van der Waals surface area contributed by atoms with E-state index in [4.69, 9.17) is 11.6 Å². The van der Waals surface area contributed by atoms with Gasteiger partial charge in [0.1, 0.15) is 0 Å². The zero-order valence-corrected chi connectivity index (χ0v) is 6.80. The first-order chi connectivity index (χ1) is 4.86. The number of rotatable bonds is 3. The minimum Gasteiger partial charge on any atom is -0.272 e. The van der Waals surface area contributed by atoms with Gasteiger partial charge >= 0.3 is 0 Å². The van der Waals surface area contributed by atoms with Crippen molar-refractivity contribution in [2.75, 3.05) is 0 Å². The molecule has 0 aliphatic rings. The molecular weight excluding hydrogens is 148 g/mol. The molecule has 0 amide bonds. The Bertz CT molecular complexity index is 195. The van der Waals surface area contributed by atoms with Gasteiger partial charge in [-0.15, -0.1) is 11.6 Å². The lowest BCUT2D eigenvalue weighted by molar-refractivity contribution is 0.597. The third kappa shape index (κ3) is 1.74. The summed E-state index contributed by atoms with van der Waals surface area (Å²) in [4.78, 5) is 0. The minimum absolute atomic E-state index is 0.511. The molecule has 10 heavy (non-hydrogen) atoms. The van der Waals surface area contributed by atoms with Crippen molar-refractivity contribution in [3.63, 3.8) is 0 Å². The van der Waals surface area contributed by atoms with Crippen LogP contribution in [0.1, 0.15) is 19.0 Å². The van der Waals surface area contributed by atoms with E-state index in [-0.39, 0.29) is 0 Å². The number of aryl methyl sites for hydroxylation is 1. The van der Waals surface area contributed by atoms with Crippen LogP contribution < -0.4 is 0 Å². The molecule has 0 aromatic carbocycles. The number of halogens is 1. The average molecular weight is 159 g/mol. The van der Waals surface area contributed by atoms with Crippen LogP contribution >= 0.6 is 11.6 Å². The first-order valence-corrected chi connectivity index (χ1v) is 3.98. The third-order valence-corrected chi connectivity index (χ3v) is 1.56. The highest BCUT2D eigenvalue weighted by atomic mass is 35.5. The molecule has 2 nitrogen and oxygen atoms in total. The molecule has 0 aliphatic heterocycles. The van der Waals surface area contributed by atoms with Crippen LogP contribution in [0.3, 0.4) is 0 Å².